The molecule has 0 saturated heterocycles. The first-order chi connectivity index (χ1) is 10.5. The Morgan fingerprint density at radius 2 is 2.00 bits per heavy atom. The van der Waals surface area contributed by atoms with Gasteiger partial charge in [0, 0.05) is 11.8 Å². The molecule has 2 aromatic rings. The summed E-state index contributed by atoms with van der Waals surface area (Å²) in [5.41, 5.74) is 0.417. The van der Waals surface area contributed by atoms with Gasteiger partial charge < -0.3 is 14.5 Å². The molecule has 1 heterocycles. The first-order valence-corrected chi connectivity index (χ1v) is 6.53. The standard InChI is InChI=1S/C16H14FNO4/c1-11(16(20)18-13-6-4-12(17)5-7-13)22-15(19)9-8-14-3-2-10-21-14/h2-11H,1H3,(H,18,20)/b9-8+/t11-/m1/s1. The Balaban J connectivity index is 1.85. The smallest absolute Gasteiger partial charge is 0.331 e. The van der Waals surface area contributed by atoms with Gasteiger partial charge in [0.1, 0.15) is 11.6 Å². The first kappa shape index (κ1) is 15.5. The quantitative estimate of drug-likeness (QED) is 0.681. The van der Waals surface area contributed by atoms with Gasteiger partial charge in [-0.05, 0) is 49.4 Å². The van der Waals surface area contributed by atoms with Crippen molar-refractivity contribution in [1.29, 1.82) is 0 Å². The molecule has 22 heavy (non-hydrogen) atoms. The van der Waals surface area contributed by atoms with E-state index in [2.05, 4.69) is 5.32 Å². The van der Waals surface area contributed by atoms with Crippen molar-refractivity contribution < 1.29 is 23.1 Å². The lowest BCUT2D eigenvalue weighted by Gasteiger charge is -2.12. The summed E-state index contributed by atoms with van der Waals surface area (Å²) in [4.78, 5) is 23.4. The van der Waals surface area contributed by atoms with Crippen LogP contribution in [0.2, 0.25) is 0 Å². The molecule has 0 unspecified atom stereocenters. The summed E-state index contributed by atoms with van der Waals surface area (Å²) < 4.78 is 22.7. The summed E-state index contributed by atoms with van der Waals surface area (Å²) in [6.07, 6.45) is 3.09. The maximum absolute atomic E-state index is 12.8. The molecule has 0 aliphatic carbocycles. The van der Waals surface area contributed by atoms with Crippen LogP contribution in [0, 0.1) is 5.82 Å². The van der Waals surface area contributed by atoms with E-state index in [9.17, 15) is 14.0 Å². The minimum atomic E-state index is -0.987. The zero-order valence-corrected chi connectivity index (χ0v) is 11.8. The van der Waals surface area contributed by atoms with Gasteiger partial charge in [0.15, 0.2) is 6.10 Å². The molecule has 1 atom stereocenters. The molecule has 0 aliphatic rings. The Morgan fingerprint density at radius 1 is 1.27 bits per heavy atom. The Kier molecular flexibility index (Phi) is 5.08. The molecule has 1 N–H and O–H groups in total. The Hall–Kier alpha value is -2.89. The number of carbonyl (C=O) groups is 2. The molecule has 1 amide bonds. The maximum Gasteiger partial charge on any atom is 0.331 e. The number of hydrogen-bond donors (Lipinski definition) is 1. The van der Waals surface area contributed by atoms with E-state index in [0.717, 1.165) is 0 Å². The number of hydrogen-bond acceptors (Lipinski definition) is 4. The minimum absolute atomic E-state index is 0.402. The van der Waals surface area contributed by atoms with Crippen LogP contribution >= 0.6 is 0 Å². The second-order valence-corrected chi connectivity index (χ2v) is 4.42. The van der Waals surface area contributed by atoms with Crippen molar-refractivity contribution in [3.05, 3.63) is 60.3 Å². The molecule has 0 radical (unpaired) electrons. The predicted octanol–water partition coefficient (Wildman–Crippen LogP) is 3.00. The highest BCUT2D eigenvalue weighted by atomic mass is 19.1. The molecular formula is C16H14FNO4. The van der Waals surface area contributed by atoms with Crippen molar-refractivity contribution in [2.75, 3.05) is 5.32 Å². The summed E-state index contributed by atoms with van der Waals surface area (Å²) in [5, 5.41) is 2.52. The number of rotatable bonds is 5. The summed E-state index contributed by atoms with van der Waals surface area (Å²) in [5.74, 6) is -1.08. The van der Waals surface area contributed by atoms with Crippen LogP contribution in [0.25, 0.3) is 6.08 Å². The number of amides is 1. The fourth-order valence-corrected chi connectivity index (χ4v) is 1.58. The van der Waals surface area contributed by atoms with Crippen LogP contribution in [0.1, 0.15) is 12.7 Å². The van der Waals surface area contributed by atoms with E-state index in [0.29, 0.717) is 11.4 Å². The summed E-state index contributed by atoms with van der Waals surface area (Å²) >= 11 is 0. The van der Waals surface area contributed by atoms with Gasteiger partial charge in [0.25, 0.3) is 5.91 Å². The van der Waals surface area contributed by atoms with E-state index < -0.39 is 23.8 Å². The largest absolute Gasteiger partial charge is 0.465 e. The zero-order chi connectivity index (χ0) is 15.9. The lowest BCUT2D eigenvalue weighted by atomic mass is 10.3. The van der Waals surface area contributed by atoms with Crippen LogP contribution in [-0.2, 0) is 14.3 Å². The number of halogens is 1. The third kappa shape index (κ3) is 4.59. The summed E-state index contributed by atoms with van der Waals surface area (Å²) in [7, 11) is 0. The van der Waals surface area contributed by atoms with Crippen LogP contribution in [-0.4, -0.2) is 18.0 Å². The first-order valence-electron chi connectivity index (χ1n) is 6.53. The molecule has 114 valence electrons. The normalized spacial score (nSPS) is 12.1. The predicted molar refractivity (Wildman–Crippen MR) is 78.3 cm³/mol. The third-order valence-corrected chi connectivity index (χ3v) is 2.70. The highest BCUT2D eigenvalue weighted by molar-refractivity contribution is 5.96. The van der Waals surface area contributed by atoms with Gasteiger partial charge in [-0.15, -0.1) is 0 Å². The van der Waals surface area contributed by atoms with Crippen LogP contribution in [0.15, 0.2) is 53.2 Å². The Morgan fingerprint density at radius 3 is 2.64 bits per heavy atom. The van der Waals surface area contributed by atoms with Gasteiger partial charge >= 0.3 is 5.97 Å². The minimum Gasteiger partial charge on any atom is -0.465 e. The van der Waals surface area contributed by atoms with Crippen molar-refractivity contribution >= 4 is 23.6 Å². The maximum atomic E-state index is 12.8. The molecule has 5 nitrogen and oxygen atoms in total. The molecular weight excluding hydrogens is 289 g/mol. The lowest BCUT2D eigenvalue weighted by Crippen LogP contribution is -2.29. The second-order valence-electron chi connectivity index (χ2n) is 4.42. The zero-order valence-electron chi connectivity index (χ0n) is 11.8. The molecule has 6 heteroatoms. The third-order valence-electron chi connectivity index (χ3n) is 2.70. The van der Waals surface area contributed by atoms with E-state index in [-0.39, 0.29) is 0 Å². The topological polar surface area (TPSA) is 68.5 Å². The molecule has 0 spiro atoms. The SMILES string of the molecule is C[C@@H](OC(=O)/C=C/c1ccco1)C(=O)Nc1ccc(F)cc1. The highest BCUT2D eigenvalue weighted by Gasteiger charge is 2.16. The number of nitrogens with one attached hydrogen (secondary N) is 1. The van der Waals surface area contributed by atoms with E-state index in [4.69, 9.17) is 9.15 Å². The van der Waals surface area contributed by atoms with Crippen LogP contribution in [0.5, 0.6) is 0 Å². The van der Waals surface area contributed by atoms with Gasteiger partial charge in [0.05, 0.1) is 6.26 Å². The van der Waals surface area contributed by atoms with E-state index in [1.807, 2.05) is 0 Å². The van der Waals surface area contributed by atoms with Gasteiger partial charge in [-0.3, -0.25) is 4.79 Å². The molecule has 0 saturated carbocycles. The highest BCUT2D eigenvalue weighted by Crippen LogP contribution is 2.09. The Labute approximate surface area is 126 Å². The van der Waals surface area contributed by atoms with Gasteiger partial charge in [-0.1, -0.05) is 0 Å². The Bertz CT molecular complexity index is 662. The van der Waals surface area contributed by atoms with Crippen molar-refractivity contribution in [3.8, 4) is 0 Å². The fourth-order valence-electron chi connectivity index (χ4n) is 1.58. The van der Waals surface area contributed by atoms with Crippen molar-refractivity contribution in [2.45, 2.75) is 13.0 Å². The summed E-state index contributed by atoms with van der Waals surface area (Å²) in [6, 6.07) is 8.63. The van der Waals surface area contributed by atoms with E-state index >= 15 is 0 Å². The average molecular weight is 303 g/mol. The lowest BCUT2D eigenvalue weighted by molar-refractivity contribution is -0.148. The molecule has 1 aromatic heterocycles. The molecule has 0 aliphatic heterocycles. The molecule has 0 fully saturated rings. The van der Waals surface area contributed by atoms with Crippen molar-refractivity contribution in [1.82, 2.24) is 0 Å². The average Bonchev–Trinajstić information content (AvgIpc) is 3.01. The number of furan rings is 1. The van der Waals surface area contributed by atoms with Gasteiger partial charge in [0.2, 0.25) is 0 Å². The van der Waals surface area contributed by atoms with Crippen LogP contribution in [0.4, 0.5) is 10.1 Å². The second kappa shape index (κ2) is 7.21. The van der Waals surface area contributed by atoms with Gasteiger partial charge in [-0.2, -0.15) is 0 Å². The van der Waals surface area contributed by atoms with Gasteiger partial charge in [-0.25, -0.2) is 9.18 Å². The van der Waals surface area contributed by atoms with Crippen LogP contribution in [0.3, 0.4) is 0 Å². The molecule has 2 rings (SSSR count). The van der Waals surface area contributed by atoms with Crippen molar-refractivity contribution in [2.24, 2.45) is 0 Å². The number of benzene rings is 1. The fraction of sp³-hybridized carbons (Fsp3) is 0.125. The van der Waals surface area contributed by atoms with E-state index in [1.165, 1.54) is 49.6 Å². The monoisotopic (exact) mass is 303 g/mol. The summed E-state index contributed by atoms with van der Waals surface area (Å²) in [6.45, 7) is 1.44. The number of esters is 1. The molecule has 0 bridgehead atoms. The van der Waals surface area contributed by atoms with Crippen molar-refractivity contribution in [3.63, 3.8) is 0 Å². The molecule has 1 aromatic carbocycles. The number of anilines is 1. The van der Waals surface area contributed by atoms with Crippen LogP contribution < -0.4 is 5.32 Å². The number of ether oxygens (including phenoxy) is 1. The van der Waals surface area contributed by atoms with E-state index in [1.54, 1.807) is 12.1 Å². The number of carbonyl (C=O) groups excluding carboxylic acids is 2.